The lowest BCUT2D eigenvalue weighted by molar-refractivity contribution is -0.0322. The molecule has 0 amide bonds. The van der Waals surface area contributed by atoms with Crippen LogP contribution in [0.3, 0.4) is 0 Å². The molecule has 12 heavy (non-hydrogen) atoms. The fourth-order valence-electron chi connectivity index (χ4n) is 1.27. The van der Waals surface area contributed by atoms with E-state index in [1.165, 1.54) is 0 Å². The van der Waals surface area contributed by atoms with Crippen LogP contribution in [-0.4, -0.2) is 46.1 Å². The van der Waals surface area contributed by atoms with Gasteiger partial charge in [0.1, 0.15) is 0 Å². The smallest absolute Gasteiger partial charge is 0.175 e. The Bertz CT molecular complexity index is 168. The van der Waals surface area contributed by atoms with Crippen molar-refractivity contribution < 1.29 is 20.4 Å². The summed E-state index contributed by atoms with van der Waals surface area (Å²) >= 11 is 0. The highest BCUT2D eigenvalue weighted by atomic mass is 16.5. The van der Waals surface area contributed by atoms with Crippen molar-refractivity contribution >= 4 is 0 Å². The van der Waals surface area contributed by atoms with Crippen molar-refractivity contribution in [3.8, 4) is 0 Å². The van der Waals surface area contributed by atoms with Gasteiger partial charge in [0, 0.05) is 12.1 Å². The van der Waals surface area contributed by atoms with Crippen LogP contribution < -0.4 is 5.32 Å². The molecule has 0 saturated heterocycles. The first-order valence-electron chi connectivity index (χ1n) is 3.77. The lowest BCUT2D eigenvalue weighted by atomic mass is 10.0. The molecule has 5 heteroatoms. The average Bonchev–Trinajstić information content (AvgIpc) is 2.04. The van der Waals surface area contributed by atoms with Gasteiger partial charge in [-0.2, -0.15) is 0 Å². The molecule has 1 rings (SSSR count). The van der Waals surface area contributed by atoms with E-state index in [1.54, 1.807) is 0 Å². The van der Waals surface area contributed by atoms with Gasteiger partial charge in [-0.05, 0) is 18.5 Å². The van der Waals surface area contributed by atoms with Gasteiger partial charge < -0.3 is 25.7 Å². The van der Waals surface area contributed by atoms with E-state index in [1.807, 2.05) is 0 Å². The maximum absolute atomic E-state index is 8.84. The largest absolute Gasteiger partial charge is 0.365 e. The predicted molar refractivity (Wildman–Crippen MR) is 41.0 cm³/mol. The highest BCUT2D eigenvalue weighted by Crippen LogP contribution is 2.17. The highest BCUT2D eigenvalue weighted by Gasteiger charge is 2.20. The van der Waals surface area contributed by atoms with Crippen molar-refractivity contribution in [2.45, 2.75) is 19.0 Å². The summed E-state index contributed by atoms with van der Waals surface area (Å²) < 4.78 is 0. The summed E-state index contributed by atoms with van der Waals surface area (Å²) in [6.45, 7) is 0.924. The Hall–Kier alpha value is -0.460. The topological polar surface area (TPSA) is 93.0 Å². The zero-order valence-corrected chi connectivity index (χ0v) is 6.56. The summed E-state index contributed by atoms with van der Waals surface area (Å²) in [6.07, 6.45) is -2.75. The molecule has 0 fully saturated rings. The molecule has 5 N–H and O–H groups in total. The van der Waals surface area contributed by atoms with E-state index in [9.17, 15) is 0 Å². The van der Waals surface area contributed by atoms with Gasteiger partial charge in [-0.1, -0.05) is 0 Å². The second-order valence-corrected chi connectivity index (χ2v) is 2.72. The van der Waals surface area contributed by atoms with Crippen LogP contribution in [0.2, 0.25) is 0 Å². The van der Waals surface area contributed by atoms with Gasteiger partial charge in [-0.25, -0.2) is 0 Å². The molecule has 0 unspecified atom stereocenters. The predicted octanol–water partition coefficient (Wildman–Crippen LogP) is -2.10. The molecule has 0 spiro atoms. The molecule has 0 aliphatic carbocycles. The van der Waals surface area contributed by atoms with Crippen molar-refractivity contribution in [2.75, 3.05) is 13.1 Å². The van der Waals surface area contributed by atoms with Gasteiger partial charge in [0.25, 0.3) is 0 Å². The lowest BCUT2D eigenvalue weighted by Gasteiger charge is -2.23. The van der Waals surface area contributed by atoms with Crippen LogP contribution in [0.5, 0.6) is 0 Å². The third-order valence-corrected chi connectivity index (χ3v) is 1.92. The number of nitrogens with one attached hydrogen (secondary N) is 1. The van der Waals surface area contributed by atoms with Crippen LogP contribution >= 0.6 is 0 Å². The Labute approximate surface area is 70.0 Å². The van der Waals surface area contributed by atoms with Crippen LogP contribution in [0, 0.1) is 0 Å². The first kappa shape index (κ1) is 9.63. The van der Waals surface area contributed by atoms with E-state index in [-0.39, 0.29) is 5.57 Å². The summed E-state index contributed by atoms with van der Waals surface area (Å²) in [5.74, 6) is 0. The van der Waals surface area contributed by atoms with E-state index < -0.39 is 12.6 Å². The molecule has 0 bridgehead atoms. The molecule has 5 nitrogen and oxygen atoms in total. The summed E-state index contributed by atoms with van der Waals surface area (Å²) in [7, 11) is 0. The Balaban J connectivity index is 2.83. The van der Waals surface area contributed by atoms with E-state index in [4.69, 9.17) is 20.4 Å². The maximum atomic E-state index is 8.84. The first-order valence-corrected chi connectivity index (χ1v) is 3.77. The van der Waals surface area contributed by atoms with Crippen LogP contribution in [0.1, 0.15) is 6.42 Å². The van der Waals surface area contributed by atoms with Gasteiger partial charge in [0.2, 0.25) is 0 Å². The number of hydrogen-bond donors (Lipinski definition) is 5. The molecule has 0 saturated carbocycles. The van der Waals surface area contributed by atoms with E-state index in [0.29, 0.717) is 25.1 Å². The molecule has 70 valence electrons. The van der Waals surface area contributed by atoms with Crippen molar-refractivity contribution in [1.29, 1.82) is 0 Å². The zero-order valence-electron chi connectivity index (χ0n) is 6.56. The number of aliphatic hydroxyl groups is 4. The van der Waals surface area contributed by atoms with Crippen LogP contribution in [0.15, 0.2) is 11.1 Å². The highest BCUT2D eigenvalue weighted by molar-refractivity contribution is 5.22. The minimum atomic E-state index is -1.60. The first-order chi connectivity index (χ1) is 5.63. The second-order valence-electron chi connectivity index (χ2n) is 2.72. The molecule has 0 aromatic heterocycles. The van der Waals surface area contributed by atoms with Crippen molar-refractivity contribution in [2.24, 2.45) is 0 Å². The van der Waals surface area contributed by atoms with Gasteiger partial charge in [0.05, 0.1) is 0 Å². The zero-order chi connectivity index (χ0) is 9.14. The average molecular weight is 175 g/mol. The second kappa shape index (κ2) is 3.97. The summed E-state index contributed by atoms with van der Waals surface area (Å²) in [5.41, 5.74) is 0.569. The van der Waals surface area contributed by atoms with E-state index in [0.717, 1.165) is 0 Å². The number of aliphatic hydroxyl groups excluding tert-OH is 2. The fourth-order valence-corrected chi connectivity index (χ4v) is 1.27. The molecule has 0 aromatic carbocycles. The Morgan fingerprint density at radius 3 is 2.00 bits per heavy atom. The Morgan fingerprint density at radius 1 is 1.00 bits per heavy atom. The summed E-state index contributed by atoms with van der Waals surface area (Å²) in [6, 6.07) is 0. The SMILES string of the molecule is OC(O)C1=C(C(O)O)CNCC1. The van der Waals surface area contributed by atoms with Crippen molar-refractivity contribution in [1.82, 2.24) is 5.32 Å². The lowest BCUT2D eigenvalue weighted by Crippen LogP contribution is -2.33. The maximum Gasteiger partial charge on any atom is 0.175 e. The fraction of sp³-hybridized carbons (Fsp3) is 0.714. The van der Waals surface area contributed by atoms with E-state index in [2.05, 4.69) is 5.32 Å². The van der Waals surface area contributed by atoms with Crippen LogP contribution in [0.4, 0.5) is 0 Å². The third kappa shape index (κ3) is 2.02. The normalized spacial score (nSPS) is 19.5. The van der Waals surface area contributed by atoms with Gasteiger partial charge in [0.15, 0.2) is 12.6 Å². The summed E-state index contributed by atoms with van der Waals surface area (Å²) in [5, 5.41) is 38.3. The molecule has 1 aliphatic rings. The van der Waals surface area contributed by atoms with Crippen LogP contribution in [0.25, 0.3) is 0 Å². The van der Waals surface area contributed by atoms with Crippen molar-refractivity contribution in [3.63, 3.8) is 0 Å². The van der Waals surface area contributed by atoms with Gasteiger partial charge in [-0.15, -0.1) is 0 Å². The minimum Gasteiger partial charge on any atom is -0.365 e. The molecule has 0 radical (unpaired) electrons. The van der Waals surface area contributed by atoms with E-state index >= 15 is 0 Å². The molecule has 0 aromatic rings. The quantitative estimate of drug-likeness (QED) is 0.245. The van der Waals surface area contributed by atoms with Crippen molar-refractivity contribution in [3.05, 3.63) is 11.1 Å². The standard InChI is InChI=1S/C7H13NO4/c9-6(10)4-1-2-8-3-5(4)7(11)12/h6-12H,1-3H2. The third-order valence-electron chi connectivity index (χ3n) is 1.92. The molecule has 0 atom stereocenters. The molecular weight excluding hydrogens is 162 g/mol. The van der Waals surface area contributed by atoms with Gasteiger partial charge >= 0.3 is 0 Å². The van der Waals surface area contributed by atoms with Gasteiger partial charge in [-0.3, -0.25) is 0 Å². The monoisotopic (exact) mass is 175 g/mol. The molecule has 1 aliphatic heterocycles. The molecule has 1 heterocycles. The Kier molecular flexibility index (Phi) is 3.19. The molecular formula is C7H13NO4. The Morgan fingerprint density at radius 2 is 1.58 bits per heavy atom. The van der Waals surface area contributed by atoms with Crippen LogP contribution in [-0.2, 0) is 0 Å². The summed E-state index contributed by atoms with van der Waals surface area (Å²) in [4.78, 5) is 0. The minimum absolute atomic E-state index is 0.260. The number of rotatable bonds is 2. The number of hydrogen-bond acceptors (Lipinski definition) is 5.